The summed E-state index contributed by atoms with van der Waals surface area (Å²) in [5.41, 5.74) is 2.53. The van der Waals surface area contributed by atoms with Crippen LogP contribution in [0, 0.1) is 0 Å². The van der Waals surface area contributed by atoms with Crippen molar-refractivity contribution in [2.45, 2.75) is 11.0 Å². The first kappa shape index (κ1) is 16.0. The first-order valence-electron chi connectivity index (χ1n) is 8.21. The number of hydrogen-bond acceptors (Lipinski definition) is 8. The molecule has 1 aliphatic rings. The summed E-state index contributed by atoms with van der Waals surface area (Å²) in [6, 6.07) is 15.3. The zero-order valence-electron chi connectivity index (χ0n) is 14.0. The lowest BCUT2D eigenvalue weighted by Crippen LogP contribution is -1.92. The number of thioether (sulfide) groups is 1. The van der Waals surface area contributed by atoms with E-state index in [-0.39, 0.29) is 6.79 Å². The Balaban J connectivity index is 1.27. The van der Waals surface area contributed by atoms with Crippen LogP contribution in [0.1, 0.15) is 5.69 Å². The smallest absolute Gasteiger partial charge is 0.277 e. The van der Waals surface area contributed by atoms with E-state index in [0.29, 0.717) is 34.3 Å². The second kappa shape index (κ2) is 6.81. The van der Waals surface area contributed by atoms with Crippen molar-refractivity contribution < 1.29 is 18.3 Å². The van der Waals surface area contributed by atoms with Gasteiger partial charge in [0.1, 0.15) is 6.26 Å². The number of fused-ring (bicyclic) bond motifs is 1. The van der Waals surface area contributed by atoms with Crippen LogP contribution in [0.3, 0.4) is 0 Å². The third kappa shape index (κ3) is 3.26. The third-order valence-corrected chi connectivity index (χ3v) is 4.79. The lowest BCUT2D eigenvalue weighted by molar-refractivity contribution is 0.174. The van der Waals surface area contributed by atoms with Gasteiger partial charge in [0, 0.05) is 16.9 Å². The number of benzene rings is 2. The van der Waals surface area contributed by atoms with Crippen molar-refractivity contribution in [2.24, 2.45) is 0 Å². The van der Waals surface area contributed by atoms with Gasteiger partial charge in [0.15, 0.2) is 11.5 Å². The number of ether oxygens (including phenoxy) is 2. The highest BCUT2D eigenvalue weighted by Gasteiger charge is 2.17. The van der Waals surface area contributed by atoms with Gasteiger partial charge in [-0.2, -0.15) is 0 Å². The van der Waals surface area contributed by atoms with Gasteiger partial charge in [0.25, 0.3) is 5.22 Å². The van der Waals surface area contributed by atoms with Crippen molar-refractivity contribution in [3.63, 3.8) is 0 Å². The Morgan fingerprint density at radius 1 is 0.889 bits per heavy atom. The largest absolute Gasteiger partial charge is 0.454 e. The summed E-state index contributed by atoms with van der Waals surface area (Å²) in [6.07, 6.45) is 1.64. The SMILES string of the molecule is c1ccc(-c2nc(CSc3nnc(-c4ccc5c(c4)OCO5)o3)co2)cc1. The molecule has 3 heterocycles. The topological polar surface area (TPSA) is 83.4 Å². The molecular weight excluding hydrogens is 366 g/mol. The van der Waals surface area contributed by atoms with E-state index in [1.807, 2.05) is 48.5 Å². The Morgan fingerprint density at radius 2 is 1.78 bits per heavy atom. The van der Waals surface area contributed by atoms with E-state index < -0.39 is 0 Å². The highest BCUT2D eigenvalue weighted by molar-refractivity contribution is 7.98. The Bertz CT molecular complexity index is 1080. The van der Waals surface area contributed by atoms with Gasteiger partial charge in [-0.1, -0.05) is 30.0 Å². The van der Waals surface area contributed by atoms with E-state index in [9.17, 15) is 0 Å². The number of rotatable bonds is 5. The van der Waals surface area contributed by atoms with Crippen LogP contribution >= 0.6 is 11.8 Å². The third-order valence-electron chi connectivity index (χ3n) is 3.94. The van der Waals surface area contributed by atoms with Gasteiger partial charge in [0.05, 0.1) is 5.69 Å². The summed E-state index contributed by atoms with van der Waals surface area (Å²) < 4.78 is 22.0. The molecule has 0 atom stereocenters. The van der Waals surface area contributed by atoms with Crippen molar-refractivity contribution in [3.8, 4) is 34.4 Å². The van der Waals surface area contributed by atoms with Crippen LogP contribution in [0.5, 0.6) is 11.5 Å². The lowest BCUT2D eigenvalue weighted by atomic mass is 10.2. The van der Waals surface area contributed by atoms with Gasteiger partial charge in [0.2, 0.25) is 18.6 Å². The molecule has 1 aliphatic heterocycles. The van der Waals surface area contributed by atoms with Crippen molar-refractivity contribution in [3.05, 3.63) is 60.5 Å². The Hall–Kier alpha value is -3.26. The summed E-state index contributed by atoms with van der Waals surface area (Å²) in [5, 5.41) is 8.65. The molecule has 2 aromatic heterocycles. The molecule has 0 spiro atoms. The maximum Gasteiger partial charge on any atom is 0.277 e. The molecule has 0 unspecified atom stereocenters. The van der Waals surface area contributed by atoms with Crippen molar-refractivity contribution in [1.82, 2.24) is 15.2 Å². The quantitative estimate of drug-likeness (QED) is 0.472. The molecule has 0 bridgehead atoms. The summed E-state index contributed by atoms with van der Waals surface area (Å²) in [6.45, 7) is 0.229. The standard InChI is InChI=1S/C19H13N3O4S/c1-2-4-12(5-3-1)17-20-14(9-23-17)10-27-19-22-21-18(26-19)13-6-7-15-16(8-13)25-11-24-15/h1-9H,10-11H2. The molecule has 134 valence electrons. The second-order valence-electron chi connectivity index (χ2n) is 5.74. The van der Waals surface area contributed by atoms with Crippen molar-refractivity contribution in [2.75, 3.05) is 6.79 Å². The molecule has 4 aromatic rings. The maximum atomic E-state index is 5.73. The van der Waals surface area contributed by atoms with E-state index in [1.165, 1.54) is 11.8 Å². The zero-order valence-corrected chi connectivity index (χ0v) is 14.8. The average Bonchev–Trinajstić information content (AvgIpc) is 3.46. The fraction of sp³-hybridized carbons (Fsp3) is 0.105. The number of oxazole rings is 1. The van der Waals surface area contributed by atoms with Crippen LogP contribution in [0.25, 0.3) is 22.9 Å². The number of hydrogen-bond donors (Lipinski definition) is 0. The van der Waals surface area contributed by atoms with Crippen LogP contribution < -0.4 is 9.47 Å². The molecule has 0 saturated carbocycles. The number of nitrogens with zero attached hydrogens (tertiary/aromatic N) is 3. The summed E-state index contributed by atoms with van der Waals surface area (Å²) in [5.74, 6) is 2.99. The second-order valence-corrected chi connectivity index (χ2v) is 6.67. The molecule has 27 heavy (non-hydrogen) atoms. The summed E-state index contributed by atoms with van der Waals surface area (Å²) in [7, 11) is 0. The highest BCUT2D eigenvalue weighted by atomic mass is 32.2. The first-order valence-corrected chi connectivity index (χ1v) is 9.20. The maximum absolute atomic E-state index is 5.73. The molecule has 0 aliphatic carbocycles. The van der Waals surface area contributed by atoms with Crippen LogP contribution in [-0.2, 0) is 5.75 Å². The monoisotopic (exact) mass is 379 g/mol. The van der Waals surface area contributed by atoms with Gasteiger partial charge < -0.3 is 18.3 Å². The van der Waals surface area contributed by atoms with E-state index >= 15 is 0 Å². The molecule has 5 rings (SSSR count). The van der Waals surface area contributed by atoms with Crippen LogP contribution in [-0.4, -0.2) is 22.0 Å². The van der Waals surface area contributed by atoms with Crippen LogP contribution in [0.15, 0.2) is 68.9 Å². The van der Waals surface area contributed by atoms with Gasteiger partial charge in [-0.05, 0) is 30.3 Å². The van der Waals surface area contributed by atoms with Gasteiger partial charge in [-0.15, -0.1) is 10.2 Å². The summed E-state index contributed by atoms with van der Waals surface area (Å²) in [4.78, 5) is 4.49. The molecule has 7 nitrogen and oxygen atoms in total. The molecule has 0 amide bonds. The first-order chi connectivity index (χ1) is 13.3. The Kier molecular flexibility index (Phi) is 4.02. The normalized spacial score (nSPS) is 12.4. The molecule has 8 heteroatoms. The Labute approximate surface area is 158 Å². The highest BCUT2D eigenvalue weighted by Crippen LogP contribution is 2.36. The molecular formula is C19H13N3O4S. The van der Waals surface area contributed by atoms with Crippen molar-refractivity contribution in [1.29, 1.82) is 0 Å². The molecule has 0 fully saturated rings. The van der Waals surface area contributed by atoms with Crippen LogP contribution in [0.4, 0.5) is 0 Å². The fourth-order valence-electron chi connectivity index (χ4n) is 2.64. The van der Waals surface area contributed by atoms with E-state index in [4.69, 9.17) is 18.3 Å². The van der Waals surface area contributed by atoms with E-state index in [1.54, 1.807) is 6.26 Å². The summed E-state index contributed by atoms with van der Waals surface area (Å²) >= 11 is 1.40. The van der Waals surface area contributed by atoms with E-state index in [2.05, 4.69) is 15.2 Å². The molecule has 0 N–H and O–H groups in total. The molecule has 0 radical (unpaired) electrons. The number of aromatic nitrogens is 3. The Morgan fingerprint density at radius 3 is 2.70 bits per heavy atom. The minimum Gasteiger partial charge on any atom is -0.454 e. The average molecular weight is 379 g/mol. The zero-order chi connectivity index (χ0) is 18.1. The van der Waals surface area contributed by atoms with Gasteiger partial charge >= 0.3 is 0 Å². The van der Waals surface area contributed by atoms with Crippen molar-refractivity contribution >= 4 is 11.8 Å². The fourth-order valence-corrected chi connectivity index (χ4v) is 3.28. The molecule has 0 saturated heterocycles. The lowest BCUT2D eigenvalue weighted by Gasteiger charge is -1.97. The minimum atomic E-state index is 0.229. The molecule has 2 aromatic carbocycles. The van der Waals surface area contributed by atoms with Crippen LogP contribution in [0.2, 0.25) is 0 Å². The predicted octanol–water partition coefficient (Wildman–Crippen LogP) is 4.41. The minimum absolute atomic E-state index is 0.229. The van der Waals surface area contributed by atoms with Gasteiger partial charge in [-0.25, -0.2) is 4.98 Å². The predicted molar refractivity (Wildman–Crippen MR) is 97.4 cm³/mol. The van der Waals surface area contributed by atoms with E-state index in [0.717, 1.165) is 16.8 Å². The van der Waals surface area contributed by atoms with Gasteiger partial charge in [-0.3, -0.25) is 0 Å².